The summed E-state index contributed by atoms with van der Waals surface area (Å²) in [6.45, 7) is 3.98. The van der Waals surface area contributed by atoms with Gasteiger partial charge in [-0.1, -0.05) is 25.3 Å². The summed E-state index contributed by atoms with van der Waals surface area (Å²) in [5.41, 5.74) is 1.10. The van der Waals surface area contributed by atoms with Gasteiger partial charge in [0.25, 0.3) is 0 Å². The quantitative estimate of drug-likeness (QED) is 0.868. The molecule has 1 aromatic heterocycles. The third-order valence-corrected chi connectivity index (χ3v) is 4.03. The Balaban J connectivity index is 1.81. The molecule has 1 saturated carbocycles. The molecule has 2 N–H and O–H groups in total. The molecule has 0 spiro atoms. The molecular weight excluding hydrogens is 250 g/mol. The minimum Gasteiger partial charge on any atom is -0.352 e. The van der Waals surface area contributed by atoms with Crippen molar-refractivity contribution in [1.82, 2.24) is 15.6 Å². The predicted octanol–water partition coefficient (Wildman–Crippen LogP) is 2.57. The molecule has 1 aromatic rings. The molecule has 0 radical (unpaired) electrons. The van der Waals surface area contributed by atoms with Crippen LogP contribution in [-0.4, -0.2) is 23.0 Å². The second-order valence-electron chi connectivity index (χ2n) is 5.74. The van der Waals surface area contributed by atoms with Gasteiger partial charge in [0.1, 0.15) is 0 Å². The molecule has 2 rings (SSSR count). The van der Waals surface area contributed by atoms with Gasteiger partial charge in [-0.25, -0.2) is 0 Å². The van der Waals surface area contributed by atoms with Gasteiger partial charge in [-0.05, 0) is 38.3 Å². The maximum atomic E-state index is 12.2. The number of amides is 1. The van der Waals surface area contributed by atoms with Crippen molar-refractivity contribution in [2.75, 3.05) is 0 Å². The molecule has 2 atom stereocenters. The molecular formula is C16H25N3O. The number of carbonyl (C=O) groups is 1. The van der Waals surface area contributed by atoms with E-state index in [-0.39, 0.29) is 18.0 Å². The van der Waals surface area contributed by atoms with Crippen molar-refractivity contribution in [2.45, 2.75) is 64.1 Å². The second-order valence-corrected chi connectivity index (χ2v) is 5.74. The van der Waals surface area contributed by atoms with Crippen LogP contribution in [0, 0.1) is 0 Å². The number of carbonyl (C=O) groups excluding carboxylic acids is 1. The van der Waals surface area contributed by atoms with Crippen LogP contribution >= 0.6 is 0 Å². The van der Waals surface area contributed by atoms with E-state index in [2.05, 4.69) is 22.5 Å². The molecule has 4 nitrogen and oxygen atoms in total. The highest BCUT2D eigenvalue weighted by Crippen LogP contribution is 2.17. The van der Waals surface area contributed by atoms with Gasteiger partial charge < -0.3 is 5.32 Å². The summed E-state index contributed by atoms with van der Waals surface area (Å²) in [7, 11) is 0. The van der Waals surface area contributed by atoms with Gasteiger partial charge in [0, 0.05) is 24.5 Å². The summed E-state index contributed by atoms with van der Waals surface area (Å²) in [5, 5.41) is 6.49. The smallest absolute Gasteiger partial charge is 0.237 e. The molecule has 1 aliphatic rings. The Labute approximate surface area is 121 Å². The van der Waals surface area contributed by atoms with E-state index in [1.165, 1.54) is 19.3 Å². The Morgan fingerprint density at radius 2 is 2.05 bits per heavy atom. The highest BCUT2D eigenvalue weighted by Gasteiger charge is 2.20. The summed E-state index contributed by atoms with van der Waals surface area (Å²) >= 11 is 0. The Kier molecular flexibility index (Phi) is 5.53. The number of nitrogens with zero attached hydrogens (tertiary/aromatic N) is 1. The van der Waals surface area contributed by atoms with Crippen LogP contribution in [0.5, 0.6) is 0 Å². The minimum absolute atomic E-state index is 0.104. The van der Waals surface area contributed by atoms with Crippen molar-refractivity contribution in [1.29, 1.82) is 0 Å². The number of aromatic nitrogens is 1. The summed E-state index contributed by atoms with van der Waals surface area (Å²) in [5.74, 6) is 0.104. The number of rotatable bonds is 5. The molecule has 1 amide bonds. The van der Waals surface area contributed by atoms with Crippen LogP contribution in [0.25, 0.3) is 0 Å². The molecule has 20 heavy (non-hydrogen) atoms. The number of nitrogens with one attached hydrogen (secondary N) is 2. The van der Waals surface area contributed by atoms with Crippen LogP contribution in [0.15, 0.2) is 24.5 Å². The van der Waals surface area contributed by atoms with Gasteiger partial charge in [-0.2, -0.15) is 0 Å². The van der Waals surface area contributed by atoms with Gasteiger partial charge in [0.15, 0.2) is 0 Å². The first kappa shape index (κ1) is 15.0. The Morgan fingerprint density at radius 3 is 2.70 bits per heavy atom. The zero-order valence-electron chi connectivity index (χ0n) is 12.4. The van der Waals surface area contributed by atoms with Crippen molar-refractivity contribution < 1.29 is 4.79 Å². The molecule has 0 aliphatic heterocycles. The highest BCUT2D eigenvalue weighted by molar-refractivity contribution is 5.81. The number of pyridine rings is 1. The summed E-state index contributed by atoms with van der Waals surface area (Å²) in [6, 6.07) is 4.24. The fraction of sp³-hybridized carbons (Fsp3) is 0.625. The average molecular weight is 275 g/mol. The lowest BCUT2D eigenvalue weighted by Gasteiger charge is -2.26. The van der Waals surface area contributed by atoms with E-state index in [1.807, 2.05) is 25.3 Å². The van der Waals surface area contributed by atoms with Crippen LogP contribution in [0.4, 0.5) is 0 Å². The van der Waals surface area contributed by atoms with Gasteiger partial charge in [-0.15, -0.1) is 0 Å². The van der Waals surface area contributed by atoms with E-state index in [4.69, 9.17) is 0 Å². The third-order valence-electron chi connectivity index (χ3n) is 4.03. The van der Waals surface area contributed by atoms with E-state index in [1.54, 1.807) is 6.20 Å². The first-order valence-corrected chi connectivity index (χ1v) is 7.63. The molecule has 0 aromatic carbocycles. The van der Waals surface area contributed by atoms with Gasteiger partial charge in [0.05, 0.1) is 6.04 Å². The van der Waals surface area contributed by atoms with Crippen molar-refractivity contribution in [3.63, 3.8) is 0 Å². The normalized spacial score (nSPS) is 19.3. The van der Waals surface area contributed by atoms with E-state index < -0.39 is 0 Å². The Hall–Kier alpha value is -1.42. The molecule has 0 bridgehead atoms. The fourth-order valence-electron chi connectivity index (χ4n) is 2.75. The number of hydrogen-bond acceptors (Lipinski definition) is 3. The van der Waals surface area contributed by atoms with Crippen molar-refractivity contribution >= 4 is 5.91 Å². The lowest BCUT2D eigenvalue weighted by Crippen LogP contribution is -2.47. The summed E-state index contributed by atoms with van der Waals surface area (Å²) in [6.07, 6.45) is 9.61. The van der Waals surface area contributed by atoms with Crippen LogP contribution in [0.2, 0.25) is 0 Å². The van der Waals surface area contributed by atoms with Crippen LogP contribution < -0.4 is 10.6 Å². The topological polar surface area (TPSA) is 54.0 Å². The zero-order valence-corrected chi connectivity index (χ0v) is 12.4. The SMILES string of the molecule is CC(N[C@@H](C)c1cccnc1)C(=O)NC1CCCCC1. The molecule has 110 valence electrons. The summed E-state index contributed by atoms with van der Waals surface area (Å²) in [4.78, 5) is 16.3. The van der Waals surface area contributed by atoms with E-state index in [0.29, 0.717) is 6.04 Å². The van der Waals surface area contributed by atoms with Crippen molar-refractivity contribution in [3.05, 3.63) is 30.1 Å². The van der Waals surface area contributed by atoms with Crippen LogP contribution in [-0.2, 0) is 4.79 Å². The Morgan fingerprint density at radius 1 is 1.30 bits per heavy atom. The van der Waals surface area contributed by atoms with E-state index in [9.17, 15) is 4.79 Å². The molecule has 1 heterocycles. The first-order valence-electron chi connectivity index (χ1n) is 7.63. The molecule has 4 heteroatoms. The van der Waals surface area contributed by atoms with Crippen molar-refractivity contribution in [2.24, 2.45) is 0 Å². The molecule has 1 fully saturated rings. The van der Waals surface area contributed by atoms with Crippen LogP contribution in [0.3, 0.4) is 0 Å². The fourth-order valence-corrected chi connectivity index (χ4v) is 2.75. The van der Waals surface area contributed by atoms with Gasteiger partial charge >= 0.3 is 0 Å². The lowest BCUT2D eigenvalue weighted by atomic mass is 9.95. The van der Waals surface area contributed by atoms with Crippen LogP contribution in [0.1, 0.15) is 57.6 Å². The standard InChI is InChI=1S/C16H25N3O/c1-12(14-7-6-10-17-11-14)18-13(2)16(20)19-15-8-4-3-5-9-15/h6-7,10-13,15,18H,3-5,8-9H2,1-2H3,(H,19,20)/t12-,13?/m0/s1. The van der Waals surface area contributed by atoms with Gasteiger partial charge in [0.2, 0.25) is 5.91 Å². The lowest BCUT2D eigenvalue weighted by molar-refractivity contribution is -0.123. The van der Waals surface area contributed by atoms with Crippen molar-refractivity contribution in [3.8, 4) is 0 Å². The maximum Gasteiger partial charge on any atom is 0.237 e. The second kappa shape index (κ2) is 7.39. The maximum absolute atomic E-state index is 12.2. The molecule has 1 aliphatic carbocycles. The predicted molar refractivity (Wildman–Crippen MR) is 80.3 cm³/mol. The highest BCUT2D eigenvalue weighted by atomic mass is 16.2. The monoisotopic (exact) mass is 275 g/mol. The number of hydrogen-bond donors (Lipinski definition) is 2. The largest absolute Gasteiger partial charge is 0.352 e. The first-order chi connectivity index (χ1) is 9.66. The third kappa shape index (κ3) is 4.30. The van der Waals surface area contributed by atoms with E-state index in [0.717, 1.165) is 18.4 Å². The zero-order chi connectivity index (χ0) is 14.4. The minimum atomic E-state index is -0.188. The average Bonchev–Trinajstić information content (AvgIpc) is 2.49. The molecule has 0 saturated heterocycles. The Bertz CT molecular complexity index is 415. The van der Waals surface area contributed by atoms with E-state index >= 15 is 0 Å². The molecule has 1 unspecified atom stereocenters. The summed E-state index contributed by atoms with van der Waals surface area (Å²) < 4.78 is 0. The van der Waals surface area contributed by atoms with Gasteiger partial charge in [-0.3, -0.25) is 15.1 Å².